The van der Waals surface area contributed by atoms with Crippen molar-refractivity contribution in [2.75, 3.05) is 0 Å². The molecule has 0 spiro atoms. The molecule has 0 aliphatic carbocycles. The van der Waals surface area contributed by atoms with Gasteiger partial charge >= 0.3 is 0 Å². The number of halogens is 1. The average molecular weight is 489 g/mol. The molecule has 0 saturated carbocycles. The molecule has 8 aromatic rings. The Morgan fingerprint density at radius 3 is 1.82 bits per heavy atom. The number of fused-ring (bicyclic) bond motifs is 6. The lowest BCUT2D eigenvalue weighted by molar-refractivity contribution is 0.630. The van der Waals surface area contributed by atoms with Crippen molar-refractivity contribution in [3.8, 4) is 22.3 Å². The third kappa shape index (κ3) is 3.24. The Kier molecular flexibility index (Phi) is 4.47. The normalized spacial score (nSPS) is 11.8. The number of benzene rings is 7. The van der Waals surface area contributed by atoms with Crippen LogP contribution in [0.25, 0.3) is 76.5 Å². The lowest BCUT2D eigenvalue weighted by atomic mass is 9.91. The predicted molar refractivity (Wildman–Crippen MR) is 157 cm³/mol. The van der Waals surface area contributed by atoms with E-state index in [0.29, 0.717) is 0 Å². The highest BCUT2D eigenvalue weighted by atomic mass is 19.1. The summed E-state index contributed by atoms with van der Waals surface area (Å²) in [6.45, 7) is 0. The molecule has 178 valence electrons. The van der Waals surface area contributed by atoms with Crippen LogP contribution in [0.2, 0.25) is 0 Å². The molecule has 0 fully saturated rings. The van der Waals surface area contributed by atoms with Crippen LogP contribution in [0.15, 0.2) is 132 Å². The largest absolute Gasteiger partial charge is 0.456 e. The predicted octanol–water partition coefficient (Wildman–Crippen LogP) is 10.5. The Bertz CT molecular complexity index is 2200. The first-order valence-electron chi connectivity index (χ1n) is 12.8. The average Bonchev–Trinajstić information content (AvgIpc) is 3.31. The Hall–Kier alpha value is -4.95. The van der Waals surface area contributed by atoms with E-state index in [1.54, 1.807) is 6.07 Å². The fraction of sp³-hybridized carbons (Fsp3) is 0. The lowest BCUT2D eigenvalue weighted by Gasteiger charge is -2.13. The molecule has 0 N–H and O–H groups in total. The molecule has 8 rings (SSSR count). The van der Waals surface area contributed by atoms with Gasteiger partial charge in [-0.2, -0.15) is 0 Å². The molecule has 0 aliphatic rings. The molecular formula is C36H21FO. The third-order valence-electron chi connectivity index (χ3n) is 7.69. The molecule has 0 unspecified atom stereocenters. The smallest absolute Gasteiger partial charge is 0.136 e. The molecule has 38 heavy (non-hydrogen) atoms. The van der Waals surface area contributed by atoms with Gasteiger partial charge in [0, 0.05) is 10.8 Å². The van der Waals surface area contributed by atoms with Crippen LogP contribution < -0.4 is 0 Å². The molecule has 7 aromatic carbocycles. The number of rotatable bonds is 2. The first-order valence-corrected chi connectivity index (χ1v) is 12.8. The van der Waals surface area contributed by atoms with E-state index in [-0.39, 0.29) is 5.82 Å². The SMILES string of the molecule is Fc1ccc2ccc(-c3ccc(-c4ccc5oc6cc7ccccc7cc6c5c4)c4ccccc34)cc2c1. The summed E-state index contributed by atoms with van der Waals surface area (Å²) in [4.78, 5) is 0. The highest BCUT2D eigenvalue weighted by Gasteiger charge is 2.13. The van der Waals surface area contributed by atoms with Gasteiger partial charge in [-0.1, -0.05) is 84.9 Å². The third-order valence-corrected chi connectivity index (χ3v) is 7.69. The molecule has 1 nitrogen and oxygen atoms in total. The van der Waals surface area contributed by atoms with Crippen molar-refractivity contribution in [3.05, 3.63) is 133 Å². The van der Waals surface area contributed by atoms with Crippen molar-refractivity contribution in [2.45, 2.75) is 0 Å². The number of hydrogen-bond donors (Lipinski definition) is 0. The van der Waals surface area contributed by atoms with E-state index >= 15 is 0 Å². The minimum Gasteiger partial charge on any atom is -0.456 e. The molecule has 1 heterocycles. The van der Waals surface area contributed by atoms with Crippen LogP contribution in [0, 0.1) is 5.82 Å². The van der Waals surface area contributed by atoms with Crippen LogP contribution in [0.1, 0.15) is 0 Å². The molecule has 2 heteroatoms. The first-order chi connectivity index (χ1) is 18.7. The maximum Gasteiger partial charge on any atom is 0.136 e. The van der Waals surface area contributed by atoms with Crippen LogP contribution in [-0.4, -0.2) is 0 Å². The number of furan rings is 1. The van der Waals surface area contributed by atoms with Gasteiger partial charge in [-0.25, -0.2) is 4.39 Å². The van der Waals surface area contributed by atoms with Crippen LogP contribution in [0.3, 0.4) is 0 Å². The van der Waals surface area contributed by atoms with E-state index in [1.165, 1.54) is 33.2 Å². The second-order valence-corrected chi connectivity index (χ2v) is 9.92. The maximum atomic E-state index is 13.9. The highest BCUT2D eigenvalue weighted by Crippen LogP contribution is 2.39. The zero-order valence-electron chi connectivity index (χ0n) is 20.4. The monoisotopic (exact) mass is 488 g/mol. The summed E-state index contributed by atoms with van der Waals surface area (Å²) < 4.78 is 20.2. The highest BCUT2D eigenvalue weighted by molar-refractivity contribution is 6.12. The van der Waals surface area contributed by atoms with Crippen LogP contribution in [0.5, 0.6) is 0 Å². The summed E-state index contributed by atoms with van der Waals surface area (Å²) in [6, 6.07) is 43.3. The maximum absolute atomic E-state index is 13.9. The summed E-state index contributed by atoms with van der Waals surface area (Å²) in [5.41, 5.74) is 6.34. The molecule has 0 amide bonds. The quantitative estimate of drug-likeness (QED) is 0.236. The summed E-state index contributed by atoms with van der Waals surface area (Å²) >= 11 is 0. The van der Waals surface area contributed by atoms with Crippen LogP contribution in [0.4, 0.5) is 4.39 Å². The second-order valence-electron chi connectivity index (χ2n) is 9.92. The molecule has 0 radical (unpaired) electrons. The van der Waals surface area contributed by atoms with Crippen molar-refractivity contribution in [1.82, 2.24) is 0 Å². The van der Waals surface area contributed by atoms with E-state index in [2.05, 4.69) is 109 Å². The van der Waals surface area contributed by atoms with E-state index in [9.17, 15) is 4.39 Å². The molecule has 0 bridgehead atoms. The van der Waals surface area contributed by atoms with Crippen molar-refractivity contribution >= 4 is 54.3 Å². The first kappa shape index (κ1) is 21.2. The second kappa shape index (κ2) is 8.03. The van der Waals surface area contributed by atoms with Crippen molar-refractivity contribution in [3.63, 3.8) is 0 Å². The van der Waals surface area contributed by atoms with E-state index in [4.69, 9.17) is 4.42 Å². The summed E-state index contributed by atoms with van der Waals surface area (Å²) in [6.07, 6.45) is 0. The molecular weight excluding hydrogens is 467 g/mol. The zero-order chi connectivity index (χ0) is 25.2. The topological polar surface area (TPSA) is 13.1 Å². The summed E-state index contributed by atoms with van der Waals surface area (Å²) in [7, 11) is 0. The van der Waals surface area contributed by atoms with Crippen molar-refractivity contribution in [2.24, 2.45) is 0 Å². The van der Waals surface area contributed by atoms with E-state index < -0.39 is 0 Å². The van der Waals surface area contributed by atoms with Gasteiger partial charge in [0.15, 0.2) is 0 Å². The van der Waals surface area contributed by atoms with Gasteiger partial charge in [0.2, 0.25) is 0 Å². The molecule has 0 saturated heterocycles. The van der Waals surface area contributed by atoms with Crippen LogP contribution in [-0.2, 0) is 0 Å². The molecule has 0 atom stereocenters. The number of hydrogen-bond acceptors (Lipinski definition) is 1. The van der Waals surface area contributed by atoms with Gasteiger partial charge in [0.05, 0.1) is 0 Å². The Labute approximate surface area is 218 Å². The van der Waals surface area contributed by atoms with Gasteiger partial charge < -0.3 is 4.42 Å². The van der Waals surface area contributed by atoms with Gasteiger partial charge in [0.25, 0.3) is 0 Å². The Morgan fingerprint density at radius 1 is 0.395 bits per heavy atom. The molecule has 1 aromatic heterocycles. The summed E-state index contributed by atoms with van der Waals surface area (Å²) in [5.74, 6) is -0.218. The van der Waals surface area contributed by atoms with Gasteiger partial charge in [-0.05, 0) is 97.0 Å². The Balaban J connectivity index is 1.32. The minimum absolute atomic E-state index is 0.218. The Morgan fingerprint density at radius 2 is 1.03 bits per heavy atom. The van der Waals surface area contributed by atoms with Gasteiger partial charge in [-0.3, -0.25) is 0 Å². The van der Waals surface area contributed by atoms with Crippen molar-refractivity contribution in [1.29, 1.82) is 0 Å². The van der Waals surface area contributed by atoms with E-state index in [1.807, 2.05) is 6.07 Å². The van der Waals surface area contributed by atoms with Gasteiger partial charge in [-0.15, -0.1) is 0 Å². The minimum atomic E-state index is -0.218. The zero-order valence-corrected chi connectivity index (χ0v) is 20.4. The standard InChI is InChI=1S/C36H21FO/c37-28-13-11-22-9-10-25(17-27(22)18-28)29-14-15-30(32-8-4-3-7-31(29)32)26-12-16-35-33(20-26)34-19-23-5-1-2-6-24(23)21-36(34)38-35/h1-21H. The molecule has 0 aliphatic heterocycles. The van der Waals surface area contributed by atoms with Gasteiger partial charge in [0.1, 0.15) is 17.0 Å². The van der Waals surface area contributed by atoms with Crippen molar-refractivity contribution < 1.29 is 8.81 Å². The summed E-state index contributed by atoms with van der Waals surface area (Å²) in [5, 5.41) is 8.92. The van der Waals surface area contributed by atoms with E-state index in [0.717, 1.165) is 49.4 Å². The van der Waals surface area contributed by atoms with Crippen LogP contribution >= 0.6 is 0 Å². The fourth-order valence-electron chi connectivity index (χ4n) is 5.82. The fourth-order valence-corrected chi connectivity index (χ4v) is 5.82. The lowest BCUT2D eigenvalue weighted by Crippen LogP contribution is -1.87.